The molecule has 0 bridgehead atoms. The molecule has 0 radical (unpaired) electrons. The summed E-state index contributed by atoms with van der Waals surface area (Å²) in [4.78, 5) is 27.6. The number of carbonyl (C=O) groups is 2. The number of aliphatic hydroxyl groups is 1. The number of nitrogens with zero attached hydrogens (tertiary/aromatic N) is 1. The van der Waals surface area contributed by atoms with Gasteiger partial charge in [-0.15, -0.1) is 0 Å². The normalized spacial score (nSPS) is 17.0. The number of phenols is 1. The molecule has 1 aliphatic rings. The van der Waals surface area contributed by atoms with Gasteiger partial charge in [-0.3, -0.25) is 9.59 Å². The fraction of sp³-hybridized carbons (Fsp3) is 0.154. The third-order valence-corrected chi connectivity index (χ3v) is 6.13. The van der Waals surface area contributed by atoms with Gasteiger partial charge in [-0.25, -0.2) is 0 Å². The first-order valence-electron chi connectivity index (χ1n) is 10.6. The Morgan fingerprint density at radius 2 is 1.97 bits per heavy atom. The largest absolute Gasteiger partial charge is 0.507 e. The van der Waals surface area contributed by atoms with E-state index in [2.05, 4.69) is 22.5 Å². The summed E-state index contributed by atoms with van der Waals surface area (Å²) in [6.07, 6.45) is 3.08. The maximum absolute atomic E-state index is 13.2. The van der Waals surface area contributed by atoms with Gasteiger partial charge < -0.3 is 29.0 Å². The van der Waals surface area contributed by atoms with Gasteiger partial charge in [-0.1, -0.05) is 12.7 Å². The second-order valence-corrected chi connectivity index (χ2v) is 8.54. The molecule has 8 nitrogen and oxygen atoms in total. The van der Waals surface area contributed by atoms with Crippen molar-refractivity contribution in [2.45, 2.75) is 12.6 Å². The van der Waals surface area contributed by atoms with E-state index in [1.165, 1.54) is 24.3 Å². The molecule has 1 saturated heterocycles. The van der Waals surface area contributed by atoms with E-state index in [0.717, 1.165) is 0 Å². The lowest BCUT2D eigenvalue weighted by molar-refractivity contribution is -0.140. The Bertz CT molecular complexity index is 1300. The van der Waals surface area contributed by atoms with Gasteiger partial charge >= 0.3 is 0 Å². The number of rotatable bonds is 8. The highest BCUT2D eigenvalue weighted by Gasteiger charge is 2.46. The predicted molar refractivity (Wildman–Crippen MR) is 131 cm³/mol. The lowest BCUT2D eigenvalue weighted by Gasteiger charge is -2.25. The first-order valence-corrected chi connectivity index (χ1v) is 11.4. The van der Waals surface area contributed by atoms with E-state index in [9.17, 15) is 19.8 Å². The van der Waals surface area contributed by atoms with Gasteiger partial charge in [0.25, 0.3) is 11.7 Å². The number of amides is 1. The fourth-order valence-electron chi connectivity index (χ4n) is 3.89. The Balaban J connectivity index is 1.85. The van der Waals surface area contributed by atoms with Crippen molar-refractivity contribution < 1.29 is 33.7 Å². The summed E-state index contributed by atoms with van der Waals surface area (Å²) in [6, 6.07) is 12.0. The summed E-state index contributed by atoms with van der Waals surface area (Å²) in [7, 11) is 1.39. The van der Waals surface area contributed by atoms with Crippen LogP contribution < -0.4 is 9.47 Å². The number of Topliss-reactive ketones (excluding diaryl/α,β-unsaturated/α-hetero) is 1. The van der Waals surface area contributed by atoms with Crippen LogP contribution in [0.1, 0.15) is 22.9 Å². The molecule has 1 unspecified atom stereocenters. The summed E-state index contributed by atoms with van der Waals surface area (Å²) in [5.41, 5.74) is 0.687. The fourth-order valence-corrected chi connectivity index (χ4v) is 4.35. The highest BCUT2D eigenvalue weighted by atomic mass is 79.9. The Kier molecular flexibility index (Phi) is 6.97. The molecule has 0 saturated carbocycles. The van der Waals surface area contributed by atoms with Crippen LogP contribution in [0.3, 0.4) is 0 Å². The molecule has 2 heterocycles. The van der Waals surface area contributed by atoms with Crippen molar-refractivity contribution in [2.75, 3.05) is 13.7 Å². The average molecular weight is 540 g/mol. The zero-order valence-electron chi connectivity index (χ0n) is 18.7. The number of aromatic hydroxyl groups is 1. The van der Waals surface area contributed by atoms with E-state index in [4.69, 9.17) is 13.9 Å². The van der Waals surface area contributed by atoms with Crippen LogP contribution >= 0.6 is 15.9 Å². The number of furan rings is 1. The van der Waals surface area contributed by atoms with E-state index in [1.807, 2.05) is 0 Å². The standard InChI is InChI=1S/C26H22BrNO7/c1-3-10-34-17-8-6-15(7-9-17)23(29)21-22(16-12-19(27)24(30)20(13-16)33-2)28(26(32)25(21)31)14-18-5-4-11-35-18/h3-9,11-13,22,29-30H,1,10,14H2,2H3/b23-21+. The zero-order chi connectivity index (χ0) is 25.1. The molecule has 1 aliphatic heterocycles. The second kappa shape index (κ2) is 10.1. The zero-order valence-corrected chi connectivity index (χ0v) is 20.3. The monoisotopic (exact) mass is 539 g/mol. The molecule has 0 spiro atoms. The minimum atomic E-state index is -0.970. The maximum atomic E-state index is 13.2. The molecular weight excluding hydrogens is 518 g/mol. The number of carbonyl (C=O) groups excluding carboxylic acids is 2. The van der Waals surface area contributed by atoms with Crippen molar-refractivity contribution >= 4 is 33.4 Å². The van der Waals surface area contributed by atoms with Crippen molar-refractivity contribution in [3.05, 3.63) is 94.4 Å². The Morgan fingerprint density at radius 3 is 2.60 bits per heavy atom. The van der Waals surface area contributed by atoms with Crippen molar-refractivity contribution in [1.82, 2.24) is 4.90 Å². The van der Waals surface area contributed by atoms with E-state index in [-0.39, 0.29) is 29.4 Å². The molecule has 35 heavy (non-hydrogen) atoms. The average Bonchev–Trinajstić information content (AvgIpc) is 3.46. The minimum absolute atomic E-state index is 0.00579. The molecule has 1 atom stereocenters. The number of hydrogen-bond donors (Lipinski definition) is 2. The number of hydrogen-bond acceptors (Lipinski definition) is 7. The summed E-state index contributed by atoms with van der Waals surface area (Å²) in [5.74, 6) is -0.935. The van der Waals surface area contributed by atoms with E-state index < -0.39 is 17.7 Å². The Labute approximate surface area is 209 Å². The third-order valence-electron chi connectivity index (χ3n) is 5.53. The number of ether oxygens (including phenoxy) is 2. The molecule has 180 valence electrons. The van der Waals surface area contributed by atoms with Gasteiger partial charge in [-0.2, -0.15) is 0 Å². The van der Waals surface area contributed by atoms with Crippen LogP contribution in [-0.4, -0.2) is 40.5 Å². The molecule has 9 heteroatoms. The van der Waals surface area contributed by atoms with Crippen LogP contribution in [0.4, 0.5) is 0 Å². The van der Waals surface area contributed by atoms with E-state index in [1.54, 1.807) is 48.5 Å². The molecule has 1 aromatic heterocycles. The lowest BCUT2D eigenvalue weighted by Crippen LogP contribution is -2.29. The number of halogens is 1. The number of methoxy groups -OCH3 is 1. The molecule has 2 N–H and O–H groups in total. The molecule has 0 aliphatic carbocycles. The van der Waals surface area contributed by atoms with Crippen molar-refractivity contribution in [2.24, 2.45) is 0 Å². The first-order chi connectivity index (χ1) is 16.8. The number of phenolic OH excluding ortho intramolecular Hbond substituents is 1. The third kappa shape index (κ3) is 4.67. The first kappa shape index (κ1) is 24.2. The van der Waals surface area contributed by atoms with Crippen LogP contribution in [-0.2, 0) is 16.1 Å². The highest BCUT2D eigenvalue weighted by molar-refractivity contribution is 9.10. The van der Waals surface area contributed by atoms with Crippen molar-refractivity contribution in [3.8, 4) is 17.2 Å². The van der Waals surface area contributed by atoms with Crippen LogP contribution in [0.15, 0.2) is 81.9 Å². The van der Waals surface area contributed by atoms with Gasteiger partial charge in [0.1, 0.15) is 23.9 Å². The predicted octanol–water partition coefficient (Wildman–Crippen LogP) is 4.94. The van der Waals surface area contributed by atoms with Gasteiger partial charge in [-0.05, 0) is 70.0 Å². The second-order valence-electron chi connectivity index (χ2n) is 7.68. The summed E-state index contributed by atoms with van der Waals surface area (Å²) >= 11 is 3.29. The van der Waals surface area contributed by atoms with E-state index in [0.29, 0.717) is 33.7 Å². The molecule has 1 fully saturated rings. The van der Waals surface area contributed by atoms with Crippen molar-refractivity contribution in [1.29, 1.82) is 0 Å². The van der Waals surface area contributed by atoms with Crippen LogP contribution in [0, 0.1) is 0 Å². The molecule has 4 rings (SSSR count). The van der Waals surface area contributed by atoms with Crippen LogP contribution in [0.25, 0.3) is 5.76 Å². The number of ketones is 1. The van der Waals surface area contributed by atoms with E-state index >= 15 is 0 Å². The Morgan fingerprint density at radius 1 is 1.23 bits per heavy atom. The topological polar surface area (TPSA) is 109 Å². The van der Waals surface area contributed by atoms with Gasteiger partial charge in [0.05, 0.1) is 36.0 Å². The van der Waals surface area contributed by atoms with Gasteiger partial charge in [0.2, 0.25) is 0 Å². The number of likely N-dealkylation sites (tertiary alicyclic amines) is 1. The molecule has 2 aromatic carbocycles. The highest BCUT2D eigenvalue weighted by Crippen LogP contribution is 2.45. The van der Waals surface area contributed by atoms with Gasteiger partial charge in [0.15, 0.2) is 11.5 Å². The van der Waals surface area contributed by atoms with Crippen LogP contribution in [0.2, 0.25) is 0 Å². The molecule has 1 amide bonds. The molecule has 3 aromatic rings. The van der Waals surface area contributed by atoms with Crippen LogP contribution in [0.5, 0.6) is 17.2 Å². The Hall–Kier alpha value is -3.98. The molecular formula is C26H22BrNO7. The SMILES string of the molecule is C=CCOc1ccc(/C(O)=C2\C(=O)C(=O)N(Cc3ccco3)C2c2cc(Br)c(O)c(OC)c2)cc1. The summed E-state index contributed by atoms with van der Waals surface area (Å²) < 4.78 is 16.4. The summed E-state index contributed by atoms with van der Waals surface area (Å²) in [6.45, 7) is 3.92. The van der Waals surface area contributed by atoms with Gasteiger partial charge in [0, 0.05) is 5.56 Å². The minimum Gasteiger partial charge on any atom is -0.507 e. The quantitative estimate of drug-likeness (QED) is 0.180. The number of aliphatic hydroxyl groups excluding tert-OH is 1. The summed E-state index contributed by atoms with van der Waals surface area (Å²) in [5, 5.41) is 21.5. The maximum Gasteiger partial charge on any atom is 0.296 e. The number of benzene rings is 2. The van der Waals surface area contributed by atoms with Crippen molar-refractivity contribution in [3.63, 3.8) is 0 Å². The lowest BCUT2D eigenvalue weighted by atomic mass is 9.95. The smallest absolute Gasteiger partial charge is 0.296 e.